The standard InChI is InChI=1S/C15H20N2O/c1-17-11-10-16-15(17)12-14(18)9-5-8-13-6-3-2-4-7-13/h2-4,6-7,10-11,14,18H,5,8-9,12H2,1H3. The summed E-state index contributed by atoms with van der Waals surface area (Å²) in [6.07, 6.45) is 6.88. The lowest BCUT2D eigenvalue weighted by molar-refractivity contribution is 0.159. The highest BCUT2D eigenvalue weighted by Crippen LogP contribution is 2.09. The molecule has 96 valence electrons. The Bertz CT molecular complexity index is 464. The molecule has 0 saturated carbocycles. The summed E-state index contributed by atoms with van der Waals surface area (Å²) in [5, 5.41) is 9.97. The van der Waals surface area contributed by atoms with E-state index in [1.807, 2.05) is 23.9 Å². The predicted molar refractivity (Wildman–Crippen MR) is 72.3 cm³/mol. The first-order chi connectivity index (χ1) is 8.75. The van der Waals surface area contributed by atoms with Crippen LogP contribution in [0.15, 0.2) is 42.7 Å². The van der Waals surface area contributed by atoms with Crippen LogP contribution in [0, 0.1) is 0 Å². The van der Waals surface area contributed by atoms with E-state index in [4.69, 9.17) is 0 Å². The molecule has 1 aromatic heterocycles. The smallest absolute Gasteiger partial charge is 0.110 e. The van der Waals surface area contributed by atoms with Crippen molar-refractivity contribution in [1.29, 1.82) is 0 Å². The van der Waals surface area contributed by atoms with Crippen LogP contribution in [0.3, 0.4) is 0 Å². The summed E-state index contributed by atoms with van der Waals surface area (Å²) >= 11 is 0. The monoisotopic (exact) mass is 244 g/mol. The summed E-state index contributed by atoms with van der Waals surface area (Å²) in [6.45, 7) is 0. The summed E-state index contributed by atoms with van der Waals surface area (Å²) in [4.78, 5) is 4.22. The first-order valence-electron chi connectivity index (χ1n) is 6.44. The molecule has 2 rings (SSSR count). The van der Waals surface area contributed by atoms with Gasteiger partial charge in [-0.25, -0.2) is 4.98 Å². The molecular weight excluding hydrogens is 224 g/mol. The molecule has 1 heterocycles. The lowest BCUT2D eigenvalue weighted by Crippen LogP contribution is -2.13. The zero-order valence-corrected chi connectivity index (χ0v) is 10.8. The first-order valence-corrected chi connectivity index (χ1v) is 6.44. The van der Waals surface area contributed by atoms with Crippen LogP contribution in [-0.2, 0) is 19.9 Å². The van der Waals surface area contributed by atoms with Crippen LogP contribution in [0.25, 0.3) is 0 Å². The number of rotatable bonds is 6. The Hall–Kier alpha value is -1.61. The Morgan fingerprint density at radius 2 is 2.06 bits per heavy atom. The molecule has 0 saturated heterocycles. The third-order valence-electron chi connectivity index (χ3n) is 3.18. The van der Waals surface area contributed by atoms with Gasteiger partial charge in [0.05, 0.1) is 6.10 Å². The average Bonchev–Trinajstić information content (AvgIpc) is 2.76. The van der Waals surface area contributed by atoms with Crippen LogP contribution in [0.4, 0.5) is 0 Å². The van der Waals surface area contributed by atoms with E-state index in [0.29, 0.717) is 6.42 Å². The number of hydrogen-bond acceptors (Lipinski definition) is 2. The topological polar surface area (TPSA) is 38.0 Å². The molecule has 0 radical (unpaired) electrons. The Kier molecular flexibility index (Phi) is 4.53. The van der Waals surface area contributed by atoms with Crippen LogP contribution in [0.1, 0.15) is 24.2 Å². The summed E-state index contributed by atoms with van der Waals surface area (Å²) in [6, 6.07) is 10.4. The third-order valence-corrected chi connectivity index (χ3v) is 3.18. The van der Waals surface area contributed by atoms with Crippen molar-refractivity contribution in [3.05, 3.63) is 54.1 Å². The van der Waals surface area contributed by atoms with Gasteiger partial charge >= 0.3 is 0 Å². The molecule has 1 atom stereocenters. The van der Waals surface area contributed by atoms with Crippen molar-refractivity contribution in [2.45, 2.75) is 31.8 Å². The van der Waals surface area contributed by atoms with Crippen molar-refractivity contribution in [2.24, 2.45) is 7.05 Å². The Morgan fingerprint density at radius 3 is 2.72 bits per heavy atom. The van der Waals surface area contributed by atoms with Crippen LogP contribution in [0.5, 0.6) is 0 Å². The van der Waals surface area contributed by atoms with E-state index in [2.05, 4.69) is 29.2 Å². The van der Waals surface area contributed by atoms with Gasteiger partial charge in [-0.05, 0) is 24.8 Å². The van der Waals surface area contributed by atoms with E-state index in [1.165, 1.54) is 5.56 Å². The number of aliphatic hydroxyl groups excluding tert-OH is 1. The molecule has 0 aliphatic rings. The van der Waals surface area contributed by atoms with Crippen LogP contribution in [0.2, 0.25) is 0 Å². The number of aliphatic hydroxyl groups is 1. The maximum absolute atomic E-state index is 9.97. The second-order valence-corrected chi connectivity index (χ2v) is 4.69. The minimum Gasteiger partial charge on any atom is -0.393 e. The van der Waals surface area contributed by atoms with Gasteiger partial charge in [0.2, 0.25) is 0 Å². The van der Waals surface area contributed by atoms with Crippen molar-refractivity contribution in [1.82, 2.24) is 9.55 Å². The van der Waals surface area contributed by atoms with E-state index < -0.39 is 0 Å². The number of aryl methyl sites for hydroxylation is 2. The van der Waals surface area contributed by atoms with E-state index in [1.54, 1.807) is 6.20 Å². The fourth-order valence-corrected chi connectivity index (χ4v) is 2.09. The molecule has 0 aliphatic carbocycles. The Morgan fingerprint density at radius 1 is 1.28 bits per heavy atom. The largest absolute Gasteiger partial charge is 0.393 e. The zero-order valence-electron chi connectivity index (χ0n) is 10.8. The van der Waals surface area contributed by atoms with Crippen molar-refractivity contribution >= 4 is 0 Å². The molecule has 3 heteroatoms. The van der Waals surface area contributed by atoms with Gasteiger partial charge in [-0.15, -0.1) is 0 Å². The van der Waals surface area contributed by atoms with E-state index in [-0.39, 0.29) is 6.10 Å². The molecule has 0 fully saturated rings. The summed E-state index contributed by atoms with van der Waals surface area (Å²) in [5.41, 5.74) is 1.33. The SMILES string of the molecule is Cn1ccnc1CC(O)CCCc1ccccc1. The van der Waals surface area contributed by atoms with Gasteiger partial charge in [0, 0.05) is 25.9 Å². The molecule has 0 amide bonds. The van der Waals surface area contributed by atoms with Crippen molar-refractivity contribution in [2.75, 3.05) is 0 Å². The zero-order chi connectivity index (χ0) is 12.8. The first kappa shape index (κ1) is 12.8. The van der Waals surface area contributed by atoms with E-state index >= 15 is 0 Å². The summed E-state index contributed by atoms with van der Waals surface area (Å²) < 4.78 is 1.96. The van der Waals surface area contributed by atoms with Crippen LogP contribution in [-0.4, -0.2) is 20.8 Å². The maximum atomic E-state index is 9.97. The number of nitrogens with zero attached hydrogens (tertiary/aromatic N) is 2. The molecular formula is C15H20N2O. The Labute approximate surface area is 108 Å². The quantitative estimate of drug-likeness (QED) is 0.847. The molecule has 1 aromatic carbocycles. The lowest BCUT2D eigenvalue weighted by Gasteiger charge is -2.10. The lowest BCUT2D eigenvalue weighted by atomic mass is 10.0. The highest BCUT2D eigenvalue weighted by molar-refractivity contribution is 5.14. The van der Waals surface area contributed by atoms with Gasteiger partial charge in [0.15, 0.2) is 0 Å². The van der Waals surface area contributed by atoms with Gasteiger partial charge in [-0.2, -0.15) is 0 Å². The van der Waals surface area contributed by atoms with Crippen LogP contribution < -0.4 is 0 Å². The number of benzene rings is 1. The van der Waals surface area contributed by atoms with E-state index in [0.717, 1.165) is 25.1 Å². The molecule has 0 spiro atoms. The second-order valence-electron chi connectivity index (χ2n) is 4.69. The van der Waals surface area contributed by atoms with Gasteiger partial charge in [-0.3, -0.25) is 0 Å². The number of hydrogen-bond donors (Lipinski definition) is 1. The van der Waals surface area contributed by atoms with Crippen molar-refractivity contribution in [3.8, 4) is 0 Å². The molecule has 1 unspecified atom stereocenters. The minimum absolute atomic E-state index is 0.296. The summed E-state index contributed by atoms with van der Waals surface area (Å²) in [5.74, 6) is 0.946. The van der Waals surface area contributed by atoms with Gasteiger partial charge in [0.1, 0.15) is 5.82 Å². The predicted octanol–water partition coefficient (Wildman–Crippen LogP) is 2.35. The van der Waals surface area contributed by atoms with Gasteiger partial charge in [-0.1, -0.05) is 30.3 Å². The molecule has 2 aromatic rings. The Balaban J connectivity index is 1.72. The highest BCUT2D eigenvalue weighted by atomic mass is 16.3. The second kappa shape index (κ2) is 6.36. The third kappa shape index (κ3) is 3.70. The summed E-state index contributed by atoms with van der Waals surface area (Å²) in [7, 11) is 1.96. The average molecular weight is 244 g/mol. The van der Waals surface area contributed by atoms with Crippen molar-refractivity contribution in [3.63, 3.8) is 0 Å². The number of aromatic nitrogens is 2. The molecule has 0 bridgehead atoms. The van der Waals surface area contributed by atoms with Crippen LogP contribution >= 0.6 is 0 Å². The molecule has 0 aliphatic heterocycles. The maximum Gasteiger partial charge on any atom is 0.110 e. The van der Waals surface area contributed by atoms with Crippen molar-refractivity contribution < 1.29 is 5.11 Å². The fourth-order valence-electron chi connectivity index (χ4n) is 2.09. The molecule has 1 N–H and O–H groups in total. The molecule has 3 nitrogen and oxygen atoms in total. The normalized spacial score (nSPS) is 12.6. The van der Waals surface area contributed by atoms with E-state index in [9.17, 15) is 5.11 Å². The molecule has 18 heavy (non-hydrogen) atoms. The van der Waals surface area contributed by atoms with Gasteiger partial charge in [0.25, 0.3) is 0 Å². The minimum atomic E-state index is -0.296. The highest BCUT2D eigenvalue weighted by Gasteiger charge is 2.08. The number of imidazole rings is 1. The van der Waals surface area contributed by atoms with Gasteiger partial charge < -0.3 is 9.67 Å². The fraction of sp³-hybridized carbons (Fsp3) is 0.400.